The lowest BCUT2D eigenvalue weighted by Gasteiger charge is -2.11. The number of nitrogens with zero attached hydrogens (tertiary/aromatic N) is 3. The first-order valence-electron chi connectivity index (χ1n) is 8.61. The lowest BCUT2D eigenvalue weighted by molar-refractivity contribution is 1.09. The van der Waals surface area contributed by atoms with Crippen LogP contribution < -0.4 is 5.32 Å². The summed E-state index contributed by atoms with van der Waals surface area (Å²) in [5.74, 6) is 1.40. The van der Waals surface area contributed by atoms with Crippen LogP contribution in [0, 0.1) is 0 Å². The highest BCUT2D eigenvalue weighted by Gasteiger charge is 2.09. The summed E-state index contributed by atoms with van der Waals surface area (Å²) in [6.45, 7) is 0.648. The summed E-state index contributed by atoms with van der Waals surface area (Å²) >= 11 is 5.96. The third kappa shape index (κ3) is 4.30. The van der Waals surface area contributed by atoms with Gasteiger partial charge in [0.25, 0.3) is 0 Å². The molecule has 2 aromatic heterocycles. The Balaban J connectivity index is 1.68. The first kappa shape index (κ1) is 17.2. The zero-order valence-electron chi connectivity index (χ0n) is 14.5. The van der Waals surface area contributed by atoms with Crippen molar-refractivity contribution in [2.75, 3.05) is 5.32 Å². The van der Waals surface area contributed by atoms with Crippen molar-refractivity contribution in [3.05, 3.63) is 95.8 Å². The maximum atomic E-state index is 5.96. The van der Waals surface area contributed by atoms with Crippen LogP contribution in [0.25, 0.3) is 22.6 Å². The minimum atomic E-state index is 0.642. The Bertz CT molecular complexity index is 961. The molecule has 0 atom stereocenters. The zero-order chi connectivity index (χ0) is 18.5. The van der Waals surface area contributed by atoms with Gasteiger partial charge in [-0.2, -0.15) is 0 Å². The molecule has 2 heterocycles. The van der Waals surface area contributed by atoms with E-state index in [-0.39, 0.29) is 0 Å². The van der Waals surface area contributed by atoms with E-state index in [2.05, 4.69) is 15.3 Å². The van der Waals surface area contributed by atoms with Crippen molar-refractivity contribution in [1.29, 1.82) is 0 Å². The Morgan fingerprint density at radius 1 is 0.815 bits per heavy atom. The van der Waals surface area contributed by atoms with Crippen LogP contribution in [0.3, 0.4) is 0 Å². The Morgan fingerprint density at radius 2 is 1.59 bits per heavy atom. The lowest BCUT2D eigenvalue weighted by Crippen LogP contribution is -2.04. The van der Waals surface area contributed by atoms with Crippen LogP contribution in [-0.4, -0.2) is 15.0 Å². The maximum absolute atomic E-state index is 5.96. The van der Waals surface area contributed by atoms with Crippen molar-refractivity contribution in [3.63, 3.8) is 0 Å². The summed E-state index contributed by atoms with van der Waals surface area (Å²) in [5, 5.41) is 4.11. The second-order valence-electron chi connectivity index (χ2n) is 6.05. The number of halogens is 1. The number of hydrogen-bond acceptors (Lipinski definition) is 4. The van der Waals surface area contributed by atoms with Gasteiger partial charge in [0, 0.05) is 41.2 Å². The minimum absolute atomic E-state index is 0.642. The topological polar surface area (TPSA) is 50.7 Å². The molecule has 0 amide bonds. The summed E-state index contributed by atoms with van der Waals surface area (Å²) in [4.78, 5) is 13.6. The highest BCUT2D eigenvalue weighted by molar-refractivity contribution is 6.30. The number of pyridine rings is 1. The van der Waals surface area contributed by atoms with Gasteiger partial charge in [0.05, 0.1) is 5.69 Å². The van der Waals surface area contributed by atoms with E-state index < -0.39 is 0 Å². The van der Waals surface area contributed by atoms with Gasteiger partial charge in [-0.3, -0.25) is 4.98 Å². The van der Waals surface area contributed by atoms with E-state index >= 15 is 0 Å². The number of anilines is 1. The van der Waals surface area contributed by atoms with Crippen LogP contribution in [0.5, 0.6) is 0 Å². The molecule has 0 fully saturated rings. The lowest BCUT2D eigenvalue weighted by atomic mass is 10.1. The van der Waals surface area contributed by atoms with Gasteiger partial charge < -0.3 is 5.32 Å². The summed E-state index contributed by atoms with van der Waals surface area (Å²) in [6, 6.07) is 23.6. The fraction of sp³-hybridized carbons (Fsp3) is 0.0455. The second kappa shape index (κ2) is 7.98. The molecule has 0 unspecified atom stereocenters. The molecule has 0 radical (unpaired) electrons. The summed E-state index contributed by atoms with van der Waals surface area (Å²) in [5.41, 5.74) is 3.91. The summed E-state index contributed by atoms with van der Waals surface area (Å²) in [6.07, 6.45) is 3.51. The van der Waals surface area contributed by atoms with Crippen molar-refractivity contribution in [1.82, 2.24) is 15.0 Å². The van der Waals surface area contributed by atoms with Crippen LogP contribution in [0.4, 0.5) is 5.82 Å². The Morgan fingerprint density at radius 3 is 2.33 bits per heavy atom. The fourth-order valence-electron chi connectivity index (χ4n) is 2.71. The van der Waals surface area contributed by atoms with E-state index in [0.717, 1.165) is 33.2 Å². The van der Waals surface area contributed by atoms with E-state index in [4.69, 9.17) is 16.6 Å². The van der Waals surface area contributed by atoms with Crippen LogP contribution in [0.1, 0.15) is 5.56 Å². The largest absolute Gasteiger partial charge is 0.366 e. The summed E-state index contributed by atoms with van der Waals surface area (Å²) in [7, 11) is 0. The molecule has 27 heavy (non-hydrogen) atoms. The first-order chi connectivity index (χ1) is 13.3. The molecule has 4 aromatic rings. The molecule has 0 aliphatic heterocycles. The predicted octanol–water partition coefficient (Wildman–Crippen LogP) is 5.47. The molecule has 4 nitrogen and oxygen atoms in total. The number of nitrogens with one attached hydrogen (secondary N) is 1. The summed E-state index contributed by atoms with van der Waals surface area (Å²) < 4.78 is 0. The monoisotopic (exact) mass is 372 g/mol. The molecule has 0 saturated carbocycles. The van der Waals surface area contributed by atoms with Gasteiger partial charge in [-0.05, 0) is 29.8 Å². The third-order valence-corrected chi connectivity index (χ3v) is 4.35. The molecule has 5 heteroatoms. The average molecular weight is 373 g/mol. The normalized spacial score (nSPS) is 10.6. The molecule has 0 spiro atoms. The van der Waals surface area contributed by atoms with Gasteiger partial charge in [0.2, 0.25) is 0 Å². The number of hydrogen-bond donors (Lipinski definition) is 1. The van der Waals surface area contributed by atoms with E-state index in [1.165, 1.54) is 0 Å². The first-order valence-corrected chi connectivity index (χ1v) is 8.99. The molecule has 4 rings (SSSR count). The van der Waals surface area contributed by atoms with Crippen molar-refractivity contribution in [2.45, 2.75) is 6.54 Å². The minimum Gasteiger partial charge on any atom is -0.366 e. The van der Waals surface area contributed by atoms with Gasteiger partial charge in [-0.1, -0.05) is 54.1 Å². The Kier molecular flexibility index (Phi) is 5.08. The highest BCUT2D eigenvalue weighted by Crippen LogP contribution is 2.24. The number of benzene rings is 2. The quantitative estimate of drug-likeness (QED) is 0.504. The van der Waals surface area contributed by atoms with E-state index in [1.54, 1.807) is 12.4 Å². The van der Waals surface area contributed by atoms with Crippen LogP contribution in [-0.2, 0) is 6.54 Å². The van der Waals surface area contributed by atoms with Crippen molar-refractivity contribution in [3.8, 4) is 22.6 Å². The van der Waals surface area contributed by atoms with E-state index in [9.17, 15) is 0 Å². The molecule has 0 aliphatic carbocycles. The smallest absolute Gasteiger partial charge is 0.163 e. The van der Waals surface area contributed by atoms with E-state index in [0.29, 0.717) is 12.4 Å². The zero-order valence-corrected chi connectivity index (χ0v) is 15.3. The average Bonchev–Trinajstić information content (AvgIpc) is 2.74. The SMILES string of the molecule is Clc1ccc(CNc2cc(-c3ccccc3)nc(-c3cccnc3)n2)cc1. The van der Waals surface area contributed by atoms with Crippen LogP contribution >= 0.6 is 11.6 Å². The molecule has 0 bridgehead atoms. The van der Waals surface area contributed by atoms with Crippen molar-refractivity contribution in [2.24, 2.45) is 0 Å². The van der Waals surface area contributed by atoms with Gasteiger partial charge in [-0.15, -0.1) is 0 Å². The maximum Gasteiger partial charge on any atom is 0.163 e. The number of aromatic nitrogens is 3. The fourth-order valence-corrected chi connectivity index (χ4v) is 2.84. The van der Waals surface area contributed by atoms with Gasteiger partial charge >= 0.3 is 0 Å². The molecule has 0 aliphatic rings. The number of rotatable bonds is 5. The van der Waals surface area contributed by atoms with E-state index in [1.807, 2.05) is 72.8 Å². The highest BCUT2D eigenvalue weighted by atomic mass is 35.5. The van der Waals surface area contributed by atoms with Crippen molar-refractivity contribution < 1.29 is 0 Å². The van der Waals surface area contributed by atoms with Gasteiger partial charge in [0.15, 0.2) is 5.82 Å². The third-order valence-electron chi connectivity index (χ3n) is 4.10. The molecule has 1 N–H and O–H groups in total. The van der Waals surface area contributed by atoms with Crippen molar-refractivity contribution >= 4 is 17.4 Å². The second-order valence-corrected chi connectivity index (χ2v) is 6.49. The Labute approximate surface area is 162 Å². The predicted molar refractivity (Wildman–Crippen MR) is 109 cm³/mol. The molecule has 2 aromatic carbocycles. The molecule has 0 saturated heterocycles. The van der Waals surface area contributed by atoms with Gasteiger partial charge in [-0.25, -0.2) is 9.97 Å². The van der Waals surface area contributed by atoms with Crippen LogP contribution in [0.2, 0.25) is 5.02 Å². The molecule has 132 valence electrons. The van der Waals surface area contributed by atoms with Crippen LogP contribution in [0.15, 0.2) is 85.2 Å². The molecular weight excluding hydrogens is 356 g/mol. The van der Waals surface area contributed by atoms with Gasteiger partial charge in [0.1, 0.15) is 5.82 Å². The standard InChI is InChI=1S/C22H17ClN4/c23-19-10-8-16(9-11-19)14-25-21-13-20(17-5-2-1-3-6-17)26-22(27-21)18-7-4-12-24-15-18/h1-13,15H,14H2,(H,25,26,27). The molecular formula is C22H17ClN4. The Hall–Kier alpha value is -3.24.